The van der Waals surface area contributed by atoms with Crippen LogP contribution in [0.1, 0.15) is 24.8 Å². The number of likely N-dealkylation sites (N-methyl/N-ethyl adjacent to an activating group) is 1. The van der Waals surface area contributed by atoms with Crippen molar-refractivity contribution in [1.82, 2.24) is 4.90 Å². The highest BCUT2D eigenvalue weighted by Crippen LogP contribution is 2.32. The third kappa shape index (κ3) is 2.50. The first-order chi connectivity index (χ1) is 8.83. The highest BCUT2D eigenvalue weighted by molar-refractivity contribution is 5.20. The lowest BCUT2D eigenvalue weighted by Gasteiger charge is -2.29. The van der Waals surface area contributed by atoms with Crippen molar-refractivity contribution in [2.45, 2.75) is 38.0 Å². The minimum Gasteiger partial charge on any atom is -0.373 e. The molecule has 1 aliphatic heterocycles. The molecule has 1 aromatic carbocycles. The summed E-state index contributed by atoms with van der Waals surface area (Å²) in [4.78, 5) is 2.46. The molecule has 2 heteroatoms. The van der Waals surface area contributed by atoms with E-state index in [1.807, 2.05) is 6.07 Å². The minimum atomic E-state index is 0.388. The number of hydrogen-bond acceptors (Lipinski definition) is 2. The molecule has 2 nitrogen and oxygen atoms in total. The Morgan fingerprint density at radius 2 is 2.11 bits per heavy atom. The van der Waals surface area contributed by atoms with Crippen LogP contribution in [0, 0.1) is 0 Å². The van der Waals surface area contributed by atoms with Crippen LogP contribution in [0.4, 0.5) is 0 Å². The van der Waals surface area contributed by atoms with E-state index in [-0.39, 0.29) is 0 Å². The quantitative estimate of drug-likeness (QED) is 0.757. The Morgan fingerprint density at radius 1 is 1.28 bits per heavy atom. The molecule has 18 heavy (non-hydrogen) atoms. The highest BCUT2D eigenvalue weighted by atomic mass is 16.5. The van der Waals surface area contributed by atoms with Gasteiger partial charge in [0.1, 0.15) is 0 Å². The zero-order chi connectivity index (χ0) is 12.4. The Morgan fingerprint density at radius 3 is 2.94 bits per heavy atom. The van der Waals surface area contributed by atoms with Crippen molar-refractivity contribution in [3.8, 4) is 0 Å². The molecule has 0 bridgehead atoms. The molecule has 1 aliphatic carbocycles. The summed E-state index contributed by atoms with van der Waals surface area (Å²) in [6.45, 7) is 1.95. The van der Waals surface area contributed by atoms with Gasteiger partial charge in [0, 0.05) is 12.6 Å². The van der Waals surface area contributed by atoms with Gasteiger partial charge in [0.2, 0.25) is 0 Å². The fourth-order valence-corrected chi connectivity index (χ4v) is 3.03. The molecular formula is C16H21NO. The van der Waals surface area contributed by atoms with Gasteiger partial charge in [-0.1, -0.05) is 42.0 Å². The normalized spacial score (nSPS) is 27.9. The first-order valence-corrected chi connectivity index (χ1v) is 6.87. The van der Waals surface area contributed by atoms with Gasteiger partial charge < -0.3 is 4.74 Å². The van der Waals surface area contributed by atoms with Crippen molar-refractivity contribution in [3.05, 3.63) is 47.5 Å². The third-order valence-corrected chi connectivity index (χ3v) is 4.17. The van der Waals surface area contributed by atoms with Crippen molar-refractivity contribution < 1.29 is 4.74 Å². The minimum absolute atomic E-state index is 0.388. The molecule has 1 saturated heterocycles. The molecule has 0 radical (unpaired) electrons. The molecule has 0 unspecified atom stereocenters. The molecule has 0 amide bonds. The average molecular weight is 243 g/mol. The van der Waals surface area contributed by atoms with E-state index in [0.29, 0.717) is 12.1 Å². The lowest BCUT2D eigenvalue weighted by atomic mass is 9.92. The Hall–Kier alpha value is -1.12. The molecule has 1 fully saturated rings. The maximum atomic E-state index is 6.05. The smallest absolute Gasteiger partial charge is 0.0720 e. The number of nitrogens with zero attached hydrogens (tertiary/aromatic N) is 1. The van der Waals surface area contributed by atoms with Crippen molar-refractivity contribution in [2.24, 2.45) is 0 Å². The predicted octanol–water partition coefficient (Wildman–Crippen LogP) is 3.00. The number of ether oxygens (including phenoxy) is 1. The Labute approximate surface area is 109 Å². The molecule has 1 heterocycles. The SMILES string of the molecule is CN1CCC2=CC[C@H](OCc3ccccc3)C[C@@H]21. The largest absolute Gasteiger partial charge is 0.373 e. The fraction of sp³-hybridized carbons (Fsp3) is 0.500. The first kappa shape index (κ1) is 11.9. The van der Waals surface area contributed by atoms with Crippen LogP contribution in [0.25, 0.3) is 0 Å². The molecule has 0 saturated carbocycles. The lowest BCUT2D eigenvalue weighted by Crippen LogP contribution is -2.33. The van der Waals surface area contributed by atoms with Crippen LogP contribution in [-0.2, 0) is 11.3 Å². The van der Waals surface area contributed by atoms with Gasteiger partial charge in [0.25, 0.3) is 0 Å². The van der Waals surface area contributed by atoms with Crippen LogP contribution < -0.4 is 0 Å². The van der Waals surface area contributed by atoms with Crippen molar-refractivity contribution in [2.75, 3.05) is 13.6 Å². The van der Waals surface area contributed by atoms with E-state index in [9.17, 15) is 0 Å². The second-order valence-electron chi connectivity index (χ2n) is 5.42. The van der Waals surface area contributed by atoms with E-state index < -0.39 is 0 Å². The molecule has 2 aliphatic rings. The van der Waals surface area contributed by atoms with Crippen LogP contribution in [0.2, 0.25) is 0 Å². The van der Waals surface area contributed by atoms with Gasteiger partial charge in [0.15, 0.2) is 0 Å². The van der Waals surface area contributed by atoms with Gasteiger partial charge in [-0.2, -0.15) is 0 Å². The summed E-state index contributed by atoms with van der Waals surface area (Å²) >= 11 is 0. The second kappa shape index (κ2) is 5.25. The topological polar surface area (TPSA) is 12.5 Å². The summed E-state index contributed by atoms with van der Waals surface area (Å²) in [5.41, 5.74) is 2.91. The molecule has 1 aromatic rings. The van der Waals surface area contributed by atoms with Gasteiger partial charge >= 0.3 is 0 Å². The van der Waals surface area contributed by atoms with E-state index in [4.69, 9.17) is 4.74 Å². The molecular weight excluding hydrogens is 222 g/mol. The van der Waals surface area contributed by atoms with Crippen LogP contribution >= 0.6 is 0 Å². The van der Waals surface area contributed by atoms with Crippen LogP contribution in [0.15, 0.2) is 42.0 Å². The number of likely N-dealkylation sites (tertiary alicyclic amines) is 1. The summed E-state index contributed by atoms with van der Waals surface area (Å²) in [6.07, 6.45) is 6.31. The fourth-order valence-electron chi connectivity index (χ4n) is 3.03. The Bertz CT molecular complexity index is 426. The number of fused-ring (bicyclic) bond motifs is 1. The average Bonchev–Trinajstić information content (AvgIpc) is 2.79. The van der Waals surface area contributed by atoms with Gasteiger partial charge in [-0.3, -0.25) is 4.90 Å². The monoisotopic (exact) mass is 243 g/mol. The van der Waals surface area contributed by atoms with Crippen molar-refractivity contribution in [1.29, 1.82) is 0 Å². The van der Waals surface area contributed by atoms with Crippen LogP contribution in [0.3, 0.4) is 0 Å². The number of hydrogen-bond donors (Lipinski definition) is 0. The maximum absolute atomic E-state index is 6.05. The lowest BCUT2D eigenvalue weighted by molar-refractivity contribution is 0.0224. The van der Waals surface area contributed by atoms with E-state index in [1.165, 1.54) is 18.5 Å². The molecule has 96 valence electrons. The zero-order valence-corrected chi connectivity index (χ0v) is 11.0. The maximum Gasteiger partial charge on any atom is 0.0720 e. The first-order valence-electron chi connectivity index (χ1n) is 6.87. The van der Waals surface area contributed by atoms with E-state index >= 15 is 0 Å². The summed E-state index contributed by atoms with van der Waals surface area (Å²) in [7, 11) is 2.23. The van der Waals surface area contributed by atoms with Crippen molar-refractivity contribution in [3.63, 3.8) is 0 Å². The van der Waals surface area contributed by atoms with E-state index in [0.717, 1.165) is 19.4 Å². The van der Waals surface area contributed by atoms with E-state index in [1.54, 1.807) is 5.57 Å². The van der Waals surface area contributed by atoms with Crippen molar-refractivity contribution >= 4 is 0 Å². The molecule has 0 N–H and O–H groups in total. The molecule has 0 spiro atoms. The summed E-state index contributed by atoms with van der Waals surface area (Å²) in [5.74, 6) is 0. The van der Waals surface area contributed by atoms with Gasteiger partial charge in [-0.25, -0.2) is 0 Å². The summed E-state index contributed by atoms with van der Waals surface area (Å²) in [5, 5.41) is 0. The van der Waals surface area contributed by atoms with Gasteiger partial charge in [-0.05, 0) is 31.9 Å². The van der Waals surface area contributed by atoms with Crippen LogP contribution in [0.5, 0.6) is 0 Å². The Kier molecular flexibility index (Phi) is 3.48. The van der Waals surface area contributed by atoms with Gasteiger partial charge in [-0.15, -0.1) is 0 Å². The molecule has 2 atom stereocenters. The Balaban J connectivity index is 1.56. The number of rotatable bonds is 3. The summed E-state index contributed by atoms with van der Waals surface area (Å²) in [6, 6.07) is 11.1. The van der Waals surface area contributed by atoms with Crippen LogP contribution in [-0.4, -0.2) is 30.6 Å². The predicted molar refractivity (Wildman–Crippen MR) is 73.4 cm³/mol. The number of benzene rings is 1. The summed E-state index contributed by atoms with van der Waals surface area (Å²) < 4.78 is 6.05. The second-order valence-corrected chi connectivity index (χ2v) is 5.42. The van der Waals surface area contributed by atoms with Gasteiger partial charge in [0.05, 0.1) is 12.7 Å². The highest BCUT2D eigenvalue weighted by Gasteiger charge is 2.31. The standard InChI is InChI=1S/C16H21NO/c1-17-10-9-14-7-8-15(11-16(14)17)18-12-13-5-3-2-4-6-13/h2-7,15-16H,8-12H2,1H3/t15-,16-/m0/s1. The zero-order valence-electron chi connectivity index (χ0n) is 11.0. The molecule has 0 aromatic heterocycles. The molecule has 3 rings (SSSR count). The van der Waals surface area contributed by atoms with E-state index in [2.05, 4.69) is 42.3 Å². The third-order valence-electron chi connectivity index (χ3n) is 4.17.